The van der Waals surface area contributed by atoms with Crippen LogP contribution in [0.3, 0.4) is 0 Å². The number of hydrogen-bond acceptors (Lipinski definition) is 1. The fraction of sp³-hybridized carbons (Fsp3) is 0.706. The minimum absolute atomic E-state index is 0.276. The zero-order valence-corrected chi connectivity index (χ0v) is 13.2. The van der Waals surface area contributed by atoms with Crippen LogP contribution < -0.4 is 0 Å². The topological polar surface area (TPSA) is 12.4 Å². The Morgan fingerprint density at radius 1 is 1.26 bits per heavy atom. The van der Waals surface area contributed by atoms with Crippen molar-refractivity contribution in [3.63, 3.8) is 0 Å². The van der Waals surface area contributed by atoms with E-state index in [1.54, 1.807) is 0 Å². The summed E-state index contributed by atoms with van der Waals surface area (Å²) in [6, 6.07) is 0. The number of nitrogens with zero attached hydrogens (tertiary/aromatic N) is 1. The Balaban J connectivity index is 3.24. The molecule has 1 aliphatic rings. The van der Waals surface area contributed by atoms with Gasteiger partial charge in [0.2, 0.25) is 0 Å². The fourth-order valence-electron chi connectivity index (χ4n) is 2.79. The highest BCUT2D eigenvalue weighted by Crippen LogP contribution is 2.38. The third-order valence-corrected chi connectivity index (χ3v) is 3.72. The van der Waals surface area contributed by atoms with Gasteiger partial charge in [0.25, 0.3) is 0 Å². The van der Waals surface area contributed by atoms with Crippen molar-refractivity contribution in [3.05, 3.63) is 22.8 Å². The van der Waals surface area contributed by atoms with E-state index in [1.807, 2.05) is 19.2 Å². The smallest absolute Gasteiger partial charge is 0.123 e. The van der Waals surface area contributed by atoms with E-state index in [1.165, 1.54) is 16.7 Å². The van der Waals surface area contributed by atoms with E-state index < -0.39 is 6.17 Å². The summed E-state index contributed by atoms with van der Waals surface area (Å²) in [6.07, 6.45) is 3.57. The van der Waals surface area contributed by atoms with Crippen LogP contribution in [0.2, 0.25) is 0 Å². The number of allylic oxidation sites excluding steroid dienone is 4. The normalized spacial score (nSPS) is 22.6. The molecule has 1 nitrogen and oxygen atoms in total. The van der Waals surface area contributed by atoms with E-state index in [4.69, 9.17) is 0 Å². The first-order valence-corrected chi connectivity index (χ1v) is 7.47. The molecule has 0 aromatic rings. The lowest BCUT2D eigenvalue weighted by atomic mass is 9.76. The first kappa shape index (κ1) is 16.1. The molecule has 0 fully saturated rings. The number of rotatable bonds is 5. The fourth-order valence-corrected chi connectivity index (χ4v) is 2.79. The number of alkyl halides is 1. The van der Waals surface area contributed by atoms with Crippen molar-refractivity contribution in [2.24, 2.45) is 22.7 Å². The summed E-state index contributed by atoms with van der Waals surface area (Å²) in [5.41, 5.74) is 3.78. The summed E-state index contributed by atoms with van der Waals surface area (Å²) < 4.78 is 13.9. The zero-order chi connectivity index (χ0) is 14.6. The molecular weight excluding hydrogens is 237 g/mol. The molecule has 0 amide bonds. The van der Waals surface area contributed by atoms with Crippen LogP contribution >= 0.6 is 0 Å². The Morgan fingerprint density at radius 2 is 1.89 bits per heavy atom. The van der Waals surface area contributed by atoms with E-state index in [0.717, 1.165) is 6.54 Å². The van der Waals surface area contributed by atoms with Gasteiger partial charge in [-0.3, -0.25) is 4.99 Å². The maximum absolute atomic E-state index is 13.9. The quantitative estimate of drug-likeness (QED) is 0.621. The Morgan fingerprint density at radius 3 is 2.37 bits per heavy atom. The highest BCUT2D eigenvalue weighted by molar-refractivity contribution is 5.68. The molecule has 108 valence electrons. The van der Waals surface area contributed by atoms with Crippen LogP contribution in [0.4, 0.5) is 4.39 Å². The minimum Gasteiger partial charge on any atom is -0.297 e. The molecule has 1 rings (SSSR count). The first-order valence-electron chi connectivity index (χ1n) is 7.47. The van der Waals surface area contributed by atoms with Gasteiger partial charge in [-0.15, -0.1) is 0 Å². The Bertz CT molecular complexity index is 388. The molecule has 0 bridgehead atoms. The molecule has 0 spiro atoms. The van der Waals surface area contributed by atoms with Crippen molar-refractivity contribution in [1.82, 2.24) is 0 Å². The van der Waals surface area contributed by atoms with Gasteiger partial charge in [0.15, 0.2) is 0 Å². The summed E-state index contributed by atoms with van der Waals surface area (Å²) in [6.45, 7) is 13.6. The van der Waals surface area contributed by atoms with Crippen LogP contribution in [0.5, 0.6) is 0 Å². The third kappa shape index (κ3) is 4.02. The second kappa shape index (κ2) is 7.02. The number of halogens is 1. The molecule has 1 aliphatic carbocycles. The van der Waals surface area contributed by atoms with Crippen molar-refractivity contribution in [3.8, 4) is 0 Å². The average molecular weight is 265 g/mol. The van der Waals surface area contributed by atoms with E-state index in [0.29, 0.717) is 18.3 Å². The lowest BCUT2D eigenvalue weighted by Gasteiger charge is -2.30. The van der Waals surface area contributed by atoms with Crippen molar-refractivity contribution in [2.75, 3.05) is 6.54 Å². The van der Waals surface area contributed by atoms with Gasteiger partial charge in [-0.1, -0.05) is 40.2 Å². The summed E-state index contributed by atoms with van der Waals surface area (Å²) in [5, 5.41) is 0. The van der Waals surface area contributed by atoms with Gasteiger partial charge in [0.05, 0.1) is 0 Å². The largest absolute Gasteiger partial charge is 0.297 e. The van der Waals surface area contributed by atoms with Crippen LogP contribution in [0.15, 0.2) is 27.8 Å². The minimum atomic E-state index is -0.825. The van der Waals surface area contributed by atoms with Gasteiger partial charge in [0.1, 0.15) is 6.17 Å². The highest BCUT2D eigenvalue weighted by Gasteiger charge is 2.27. The van der Waals surface area contributed by atoms with Crippen LogP contribution in [0, 0.1) is 17.8 Å². The summed E-state index contributed by atoms with van der Waals surface area (Å²) in [7, 11) is 0. The predicted octanol–water partition coefficient (Wildman–Crippen LogP) is 4.99. The molecule has 0 aromatic heterocycles. The molecule has 0 saturated carbocycles. The van der Waals surface area contributed by atoms with E-state index in [9.17, 15) is 4.39 Å². The van der Waals surface area contributed by atoms with E-state index >= 15 is 0 Å². The molecule has 0 radical (unpaired) electrons. The zero-order valence-electron chi connectivity index (χ0n) is 13.2. The average Bonchev–Trinajstić information content (AvgIpc) is 2.34. The highest BCUT2D eigenvalue weighted by atomic mass is 19.1. The molecule has 0 saturated heterocycles. The van der Waals surface area contributed by atoms with E-state index in [-0.39, 0.29) is 5.92 Å². The molecular formula is C17H28FN. The molecule has 0 aromatic carbocycles. The van der Waals surface area contributed by atoms with Crippen molar-refractivity contribution in [1.29, 1.82) is 0 Å². The maximum Gasteiger partial charge on any atom is 0.123 e. The van der Waals surface area contributed by atoms with Crippen molar-refractivity contribution < 1.29 is 4.39 Å². The molecule has 0 N–H and O–H groups in total. The molecule has 2 unspecified atom stereocenters. The molecule has 2 heteroatoms. The third-order valence-electron chi connectivity index (χ3n) is 3.72. The van der Waals surface area contributed by atoms with Crippen LogP contribution in [0.1, 0.15) is 48.0 Å². The first-order chi connectivity index (χ1) is 8.88. The van der Waals surface area contributed by atoms with Crippen LogP contribution in [-0.4, -0.2) is 18.9 Å². The van der Waals surface area contributed by atoms with Crippen LogP contribution in [0.25, 0.3) is 0 Å². The molecule has 0 heterocycles. The Kier molecular flexibility index (Phi) is 5.96. The lowest BCUT2D eigenvalue weighted by molar-refractivity contribution is 0.376. The van der Waals surface area contributed by atoms with Gasteiger partial charge < -0.3 is 0 Å². The van der Waals surface area contributed by atoms with Gasteiger partial charge >= 0.3 is 0 Å². The monoisotopic (exact) mass is 265 g/mol. The van der Waals surface area contributed by atoms with Crippen molar-refractivity contribution in [2.45, 2.75) is 54.1 Å². The maximum atomic E-state index is 13.9. The lowest BCUT2D eigenvalue weighted by Crippen LogP contribution is -2.21. The molecule has 19 heavy (non-hydrogen) atoms. The van der Waals surface area contributed by atoms with Gasteiger partial charge in [-0.05, 0) is 36.0 Å². The van der Waals surface area contributed by atoms with Crippen LogP contribution in [-0.2, 0) is 0 Å². The summed E-state index contributed by atoms with van der Waals surface area (Å²) in [5.74, 6) is 1.03. The second-order valence-corrected chi connectivity index (χ2v) is 6.03. The molecule has 2 atom stereocenters. The second-order valence-electron chi connectivity index (χ2n) is 6.03. The standard InChI is InChI=1S/C17H28FN/c1-7-19-10-13(6)17-15(11(2)3)8-14(18)9-16(17)12(4)5/h8,10-14H,7,9H2,1-6H3. The van der Waals surface area contributed by atoms with Gasteiger partial charge in [-0.2, -0.15) is 0 Å². The number of hydrogen-bond donors (Lipinski definition) is 0. The number of aliphatic imine (C=N–C) groups is 1. The Hall–Kier alpha value is -0.920. The van der Waals surface area contributed by atoms with E-state index in [2.05, 4.69) is 39.6 Å². The predicted molar refractivity (Wildman–Crippen MR) is 82.5 cm³/mol. The molecule has 0 aliphatic heterocycles. The Labute approximate surface area is 117 Å². The van der Waals surface area contributed by atoms with Gasteiger partial charge in [-0.25, -0.2) is 4.39 Å². The SMILES string of the molecule is CCN=CC(C)C1=C(C(C)C)CC(F)C=C1C(C)C. The summed E-state index contributed by atoms with van der Waals surface area (Å²) in [4.78, 5) is 4.37. The van der Waals surface area contributed by atoms with Gasteiger partial charge in [0, 0.05) is 25.1 Å². The summed E-state index contributed by atoms with van der Waals surface area (Å²) >= 11 is 0. The van der Waals surface area contributed by atoms with Crippen molar-refractivity contribution >= 4 is 6.21 Å².